The van der Waals surface area contributed by atoms with Crippen molar-refractivity contribution in [3.63, 3.8) is 0 Å². The number of halogens is 5. The lowest BCUT2D eigenvalue weighted by molar-refractivity contribution is -0.150. The summed E-state index contributed by atoms with van der Waals surface area (Å²) >= 11 is 0. The molecule has 0 bridgehead atoms. The summed E-state index contributed by atoms with van der Waals surface area (Å²) < 4.78 is 48.7. The Hall–Kier alpha value is -0.880. The summed E-state index contributed by atoms with van der Waals surface area (Å²) in [5, 5.41) is 0. The van der Waals surface area contributed by atoms with Crippen LogP contribution >= 0.6 is 12.4 Å². The highest BCUT2D eigenvalue weighted by Gasteiger charge is 2.40. The summed E-state index contributed by atoms with van der Waals surface area (Å²) in [5.41, 5.74) is 3.96. The fourth-order valence-electron chi connectivity index (χ4n) is 0.782. The Bertz CT molecular complexity index is 302. The van der Waals surface area contributed by atoms with E-state index in [2.05, 4.69) is 4.98 Å². The van der Waals surface area contributed by atoms with Crippen LogP contribution in [0, 0.1) is 5.82 Å². The molecule has 7 heteroatoms. The Labute approximate surface area is 83.5 Å². The summed E-state index contributed by atoms with van der Waals surface area (Å²) in [4.78, 5) is 3.22. The molecule has 14 heavy (non-hydrogen) atoms. The van der Waals surface area contributed by atoms with Crippen molar-refractivity contribution in [2.75, 3.05) is 0 Å². The standard InChI is InChI=1S/C7H6F4N2.ClH/c8-4-2-1-3-13-5(4)6(12)7(9,10)11;/h1-3,6H,12H2;1H/t6-;/m1./s1. The van der Waals surface area contributed by atoms with E-state index in [1.165, 1.54) is 6.07 Å². The zero-order chi connectivity index (χ0) is 10.1. The molecule has 0 amide bonds. The van der Waals surface area contributed by atoms with E-state index in [1.54, 1.807) is 0 Å². The van der Waals surface area contributed by atoms with Gasteiger partial charge in [0.15, 0.2) is 0 Å². The van der Waals surface area contributed by atoms with E-state index in [0.29, 0.717) is 0 Å². The van der Waals surface area contributed by atoms with Crippen LogP contribution in [0.25, 0.3) is 0 Å². The first-order chi connectivity index (χ1) is 5.93. The molecule has 2 N–H and O–H groups in total. The number of nitrogens with two attached hydrogens (primary N) is 1. The van der Waals surface area contributed by atoms with Gasteiger partial charge in [0.25, 0.3) is 0 Å². The number of aromatic nitrogens is 1. The fraction of sp³-hybridized carbons (Fsp3) is 0.286. The summed E-state index contributed by atoms with van der Waals surface area (Å²) in [6.07, 6.45) is -3.61. The van der Waals surface area contributed by atoms with Crippen LogP contribution in [0.4, 0.5) is 17.6 Å². The van der Waals surface area contributed by atoms with Crippen LogP contribution in [0.2, 0.25) is 0 Å². The highest BCUT2D eigenvalue weighted by molar-refractivity contribution is 5.85. The van der Waals surface area contributed by atoms with Gasteiger partial charge in [-0.05, 0) is 12.1 Å². The number of alkyl halides is 3. The van der Waals surface area contributed by atoms with E-state index >= 15 is 0 Å². The summed E-state index contributed by atoms with van der Waals surface area (Å²) in [6, 6.07) is -0.288. The van der Waals surface area contributed by atoms with Crippen LogP contribution in [0.5, 0.6) is 0 Å². The van der Waals surface area contributed by atoms with Crippen molar-refractivity contribution in [2.45, 2.75) is 12.2 Å². The molecule has 0 aliphatic heterocycles. The molecule has 0 aromatic carbocycles. The first-order valence-electron chi connectivity index (χ1n) is 3.35. The average Bonchev–Trinajstić information content (AvgIpc) is 2.02. The smallest absolute Gasteiger partial charge is 0.315 e. The SMILES string of the molecule is Cl.N[C@H](c1ncccc1F)C(F)(F)F. The van der Waals surface area contributed by atoms with E-state index in [1.807, 2.05) is 0 Å². The van der Waals surface area contributed by atoms with Crippen LogP contribution in [-0.2, 0) is 0 Å². The Balaban J connectivity index is 0.00000169. The second-order valence-corrected chi connectivity index (χ2v) is 2.39. The number of nitrogens with zero attached hydrogens (tertiary/aromatic N) is 1. The minimum absolute atomic E-state index is 0. The molecule has 1 heterocycles. The molecule has 0 saturated heterocycles. The average molecular weight is 231 g/mol. The van der Waals surface area contributed by atoms with E-state index in [4.69, 9.17) is 5.73 Å². The summed E-state index contributed by atoms with van der Waals surface area (Å²) in [6.45, 7) is 0. The van der Waals surface area contributed by atoms with Gasteiger partial charge >= 0.3 is 6.18 Å². The maximum atomic E-state index is 12.7. The van der Waals surface area contributed by atoms with Crippen LogP contribution < -0.4 is 5.73 Å². The molecule has 0 unspecified atom stereocenters. The van der Waals surface area contributed by atoms with Gasteiger partial charge in [-0.3, -0.25) is 4.98 Å². The Morgan fingerprint density at radius 2 is 1.93 bits per heavy atom. The van der Waals surface area contributed by atoms with Gasteiger partial charge in [-0.2, -0.15) is 13.2 Å². The van der Waals surface area contributed by atoms with Gasteiger partial charge in [-0.15, -0.1) is 12.4 Å². The van der Waals surface area contributed by atoms with Crippen LogP contribution in [0.3, 0.4) is 0 Å². The Morgan fingerprint density at radius 1 is 1.36 bits per heavy atom. The van der Waals surface area contributed by atoms with E-state index in [9.17, 15) is 17.6 Å². The third kappa shape index (κ3) is 2.81. The highest BCUT2D eigenvalue weighted by atomic mass is 35.5. The molecule has 0 aliphatic rings. The maximum Gasteiger partial charge on any atom is 0.409 e. The molecule has 80 valence electrons. The lowest BCUT2D eigenvalue weighted by Gasteiger charge is -2.14. The highest BCUT2D eigenvalue weighted by Crippen LogP contribution is 2.30. The summed E-state index contributed by atoms with van der Waals surface area (Å²) in [5.74, 6) is -1.05. The van der Waals surface area contributed by atoms with Crippen LogP contribution in [0.15, 0.2) is 18.3 Å². The maximum absolute atomic E-state index is 12.7. The van der Waals surface area contributed by atoms with Crippen molar-refractivity contribution < 1.29 is 17.6 Å². The molecule has 0 radical (unpaired) electrons. The van der Waals surface area contributed by atoms with Gasteiger partial charge in [0, 0.05) is 6.20 Å². The second kappa shape index (κ2) is 4.56. The number of hydrogen-bond donors (Lipinski definition) is 1. The molecule has 1 aromatic heterocycles. The molecule has 2 nitrogen and oxygen atoms in total. The van der Waals surface area contributed by atoms with Gasteiger partial charge in [0.1, 0.15) is 17.6 Å². The van der Waals surface area contributed by atoms with Crippen molar-refractivity contribution in [3.05, 3.63) is 29.8 Å². The van der Waals surface area contributed by atoms with Crippen LogP contribution in [-0.4, -0.2) is 11.2 Å². The topological polar surface area (TPSA) is 38.9 Å². The van der Waals surface area contributed by atoms with Gasteiger partial charge in [-0.1, -0.05) is 0 Å². The zero-order valence-corrected chi connectivity index (χ0v) is 7.57. The normalized spacial score (nSPS) is 13.2. The molecule has 0 spiro atoms. The number of pyridine rings is 1. The van der Waals surface area contributed by atoms with Crippen molar-refractivity contribution in [1.82, 2.24) is 4.98 Å². The Kier molecular flexibility index (Phi) is 4.28. The third-order valence-electron chi connectivity index (χ3n) is 1.43. The number of hydrogen-bond acceptors (Lipinski definition) is 2. The molecule has 1 rings (SSSR count). The van der Waals surface area contributed by atoms with Crippen LogP contribution in [0.1, 0.15) is 11.7 Å². The second-order valence-electron chi connectivity index (χ2n) is 2.39. The lowest BCUT2D eigenvalue weighted by Crippen LogP contribution is -2.30. The summed E-state index contributed by atoms with van der Waals surface area (Å²) in [7, 11) is 0. The minimum atomic E-state index is -4.67. The monoisotopic (exact) mass is 230 g/mol. The van der Waals surface area contributed by atoms with Gasteiger partial charge in [0.2, 0.25) is 0 Å². The first-order valence-corrected chi connectivity index (χ1v) is 3.35. The quantitative estimate of drug-likeness (QED) is 0.752. The predicted octanol–water partition coefficient (Wildman–Crippen LogP) is 2.20. The molecular weight excluding hydrogens is 224 g/mol. The largest absolute Gasteiger partial charge is 0.409 e. The zero-order valence-electron chi connectivity index (χ0n) is 6.75. The van der Waals surface area contributed by atoms with E-state index in [0.717, 1.165) is 12.3 Å². The van der Waals surface area contributed by atoms with Gasteiger partial charge < -0.3 is 5.73 Å². The molecule has 0 aliphatic carbocycles. The minimum Gasteiger partial charge on any atom is -0.315 e. The third-order valence-corrected chi connectivity index (χ3v) is 1.43. The lowest BCUT2D eigenvalue weighted by atomic mass is 10.2. The molecule has 1 atom stereocenters. The van der Waals surface area contributed by atoms with Gasteiger partial charge in [-0.25, -0.2) is 4.39 Å². The van der Waals surface area contributed by atoms with Crippen molar-refractivity contribution >= 4 is 12.4 Å². The van der Waals surface area contributed by atoms with Crippen molar-refractivity contribution in [2.24, 2.45) is 5.73 Å². The molecule has 1 aromatic rings. The first kappa shape index (κ1) is 13.1. The van der Waals surface area contributed by atoms with Crippen molar-refractivity contribution in [1.29, 1.82) is 0 Å². The molecule has 0 fully saturated rings. The van der Waals surface area contributed by atoms with Gasteiger partial charge in [0.05, 0.1) is 0 Å². The fourth-order valence-corrected chi connectivity index (χ4v) is 0.782. The van der Waals surface area contributed by atoms with Crippen molar-refractivity contribution in [3.8, 4) is 0 Å². The predicted molar refractivity (Wildman–Crippen MR) is 44.4 cm³/mol. The van der Waals surface area contributed by atoms with E-state index in [-0.39, 0.29) is 12.4 Å². The molecular formula is C7H7ClF4N2. The number of rotatable bonds is 1. The van der Waals surface area contributed by atoms with E-state index < -0.39 is 23.7 Å². The Morgan fingerprint density at radius 3 is 2.36 bits per heavy atom. The molecule has 0 saturated carbocycles.